The molecular weight excluding hydrogens is 374 g/mol. The van der Waals surface area contributed by atoms with Crippen molar-refractivity contribution in [3.8, 4) is 0 Å². The van der Waals surface area contributed by atoms with Gasteiger partial charge in [0.15, 0.2) is 11.6 Å². The molecule has 3 rings (SSSR count). The van der Waals surface area contributed by atoms with Crippen molar-refractivity contribution in [1.82, 2.24) is 10.4 Å². The van der Waals surface area contributed by atoms with Crippen molar-refractivity contribution < 1.29 is 13.2 Å². The smallest absolute Gasteiger partial charge is 0.150 e. The minimum absolute atomic E-state index is 0.0499. The van der Waals surface area contributed by atoms with Crippen LogP contribution in [-0.4, -0.2) is 17.7 Å². The number of hydrogen-bond donors (Lipinski definition) is 2. The van der Waals surface area contributed by atoms with E-state index in [0.717, 1.165) is 12.1 Å². The molecule has 0 radical (unpaired) electrons. The van der Waals surface area contributed by atoms with Crippen molar-refractivity contribution in [2.75, 3.05) is 12.4 Å². The van der Waals surface area contributed by atoms with Gasteiger partial charge in [0.05, 0.1) is 5.02 Å². The van der Waals surface area contributed by atoms with E-state index in [1.165, 1.54) is 12.1 Å². The molecule has 8 heteroatoms. The number of rotatable bonds is 3. The first kappa shape index (κ1) is 17.9. The average molecular weight is 388 g/mol. The molecule has 3 nitrogen and oxygen atoms in total. The van der Waals surface area contributed by atoms with Crippen LogP contribution >= 0.6 is 23.2 Å². The molecule has 0 aromatic heterocycles. The van der Waals surface area contributed by atoms with Crippen LogP contribution in [-0.2, 0) is 0 Å². The molecule has 2 aromatic carbocycles. The van der Waals surface area contributed by atoms with Gasteiger partial charge in [0.1, 0.15) is 17.2 Å². The summed E-state index contributed by atoms with van der Waals surface area (Å²) in [5.41, 5.74) is 2.46. The molecule has 0 bridgehead atoms. The molecule has 1 unspecified atom stereocenters. The van der Waals surface area contributed by atoms with E-state index in [2.05, 4.69) is 10.7 Å². The van der Waals surface area contributed by atoms with Crippen LogP contribution in [0, 0.1) is 17.5 Å². The second kappa shape index (κ2) is 6.44. The maximum atomic E-state index is 14.2. The van der Waals surface area contributed by atoms with Crippen molar-refractivity contribution in [2.24, 2.45) is 0 Å². The maximum Gasteiger partial charge on any atom is 0.150 e. The third-order valence-electron chi connectivity index (χ3n) is 3.89. The lowest BCUT2D eigenvalue weighted by Gasteiger charge is -2.32. The standard InChI is InChI=1S/C17H14Cl2F3N3/c1-17(23-16-13(21)6-9(18)7-14(16)22)11(8-25(2)24-17)10-4-3-5-12(20)15(10)19/h3-8,23-24H,1-2H3. The summed E-state index contributed by atoms with van der Waals surface area (Å²) in [7, 11) is 1.70. The van der Waals surface area contributed by atoms with Gasteiger partial charge in [0.25, 0.3) is 0 Å². The summed E-state index contributed by atoms with van der Waals surface area (Å²) in [6.07, 6.45) is 1.67. The molecular formula is C17H14Cl2F3N3. The fourth-order valence-corrected chi connectivity index (χ4v) is 3.24. The Bertz CT molecular complexity index is 849. The number of anilines is 1. The number of halogens is 5. The third kappa shape index (κ3) is 3.29. The predicted molar refractivity (Wildman–Crippen MR) is 93.7 cm³/mol. The zero-order valence-electron chi connectivity index (χ0n) is 13.3. The Morgan fingerprint density at radius 3 is 2.36 bits per heavy atom. The first-order chi connectivity index (χ1) is 11.7. The summed E-state index contributed by atoms with van der Waals surface area (Å²) >= 11 is 11.7. The molecule has 1 atom stereocenters. The van der Waals surface area contributed by atoms with Gasteiger partial charge < -0.3 is 10.3 Å². The van der Waals surface area contributed by atoms with E-state index in [0.29, 0.717) is 11.1 Å². The van der Waals surface area contributed by atoms with Crippen molar-refractivity contribution in [2.45, 2.75) is 12.6 Å². The van der Waals surface area contributed by atoms with E-state index >= 15 is 0 Å². The lowest BCUT2D eigenvalue weighted by molar-refractivity contribution is 0.289. The zero-order chi connectivity index (χ0) is 18.4. The Morgan fingerprint density at radius 2 is 1.72 bits per heavy atom. The molecule has 1 aliphatic heterocycles. The Labute approximate surface area is 153 Å². The first-order valence-electron chi connectivity index (χ1n) is 7.31. The van der Waals surface area contributed by atoms with E-state index in [1.54, 1.807) is 31.2 Å². The predicted octanol–water partition coefficient (Wildman–Crippen LogP) is 5.03. The number of nitrogens with one attached hydrogen (secondary N) is 2. The van der Waals surface area contributed by atoms with Gasteiger partial charge in [0, 0.05) is 29.4 Å². The van der Waals surface area contributed by atoms with Gasteiger partial charge in [-0.25, -0.2) is 18.6 Å². The minimum Gasteiger partial charge on any atom is -0.358 e. The van der Waals surface area contributed by atoms with Crippen LogP contribution in [0.3, 0.4) is 0 Å². The van der Waals surface area contributed by atoms with Crippen molar-refractivity contribution in [3.05, 3.63) is 69.6 Å². The molecule has 0 saturated heterocycles. The Hall–Kier alpha value is -1.89. The van der Waals surface area contributed by atoms with Gasteiger partial charge in [-0.2, -0.15) is 0 Å². The maximum absolute atomic E-state index is 14.2. The highest BCUT2D eigenvalue weighted by Gasteiger charge is 2.38. The molecule has 0 spiro atoms. The molecule has 0 fully saturated rings. The number of hydrazine groups is 1. The quantitative estimate of drug-likeness (QED) is 0.773. The molecule has 0 saturated carbocycles. The second-order valence-electron chi connectivity index (χ2n) is 5.86. The second-order valence-corrected chi connectivity index (χ2v) is 6.68. The lowest BCUT2D eigenvalue weighted by atomic mass is 9.95. The number of hydrogen-bond acceptors (Lipinski definition) is 3. The van der Waals surface area contributed by atoms with Gasteiger partial charge in [0.2, 0.25) is 0 Å². The summed E-state index contributed by atoms with van der Waals surface area (Å²) < 4.78 is 42.2. The number of nitrogens with zero attached hydrogens (tertiary/aromatic N) is 1. The van der Waals surface area contributed by atoms with Crippen LogP contribution in [0.2, 0.25) is 10.0 Å². The molecule has 0 aliphatic carbocycles. The van der Waals surface area contributed by atoms with E-state index in [1.807, 2.05) is 0 Å². The van der Waals surface area contributed by atoms with E-state index in [-0.39, 0.29) is 15.7 Å². The normalized spacial score (nSPS) is 20.0. The lowest BCUT2D eigenvalue weighted by Crippen LogP contribution is -2.50. The van der Waals surface area contributed by atoms with Gasteiger partial charge in [-0.05, 0) is 25.1 Å². The van der Waals surface area contributed by atoms with Crippen LogP contribution in [0.1, 0.15) is 12.5 Å². The van der Waals surface area contributed by atoms with E-state index in [9.17, 15) is 13.2 Å². The largest absolute Gasteiger partial charge is 0.358 e. The third-order valence-corrected chi connectivity index (χ3v) is 4.49. The fourth-order valence-electron chi connectivity index (χ4n) is 2.83. The summed E-state index contributed by atoms with van der Waals surface area (Å²) in [5.74, 6) is -2.26. The SMILES string of the molecule is CN1C=C(c2cccc(F)c2Cl)C(C)(Nc2c(F)cc(Cl)cc2F)N1. The highest BCUT2D eigenvalue weighted by molar-refractivity contribution is 6.32. The number of benzene rings is 2. The molecule has 25 heavy (non-hydrogen) atoms. The molecule has 2 N–H and O–H groups in total. The molecule has 1 aliphatic rings. The zero-order valence-corrected chi connectivity index (χ0v) is 14.8. The van der Waals surface area contributed by atoms with Gasteiger partial charge in [-0.15, -0.1) is 0 Å². The van der Waals surface area contributed by atoms with E-state index in [4.69, 9.17) is 23.2 Å². The van der Waals surface area contributed by atoms with Gasteiger partial charge >= 0.3 is 0 Å². The van der Waals surface area contributed by atoms with Crippen LogP contribution in [0.25, 0.3) is 5.57 Å². The van der Waals surface area contributed by atoms with Crippen LogP contribution in [0.15, 0.2) is 36.5 Å². The molecule has 0 amide bonds. The summed E-state index contributed by atoms with van der Waals surface area (Å²) in [4.78, 5) is 0. The highest BCUT2D eigenvalue weighted by Crippen LogP contribution is 2.38. The summed E-state index contributed by atoms with van der Waals surface area (Å²) in [5, 5.41) is 4.27. The van der Waals surface area contributed by atoms with Gasteiger partial charge in [-0.3, -0.25) is 0 Å². The topological polar surface area (TPSA) is 27.3 Å². The monoisotopic (exact) mass is 387 g/mol. The highest BCUT2D eigenvalue weighted by atomic mass is 35.5. The molecule has 1 heterocycles. The Morgan fingerprint density at radius 1 is 1.08 bits per heavy atom. The van der Waals surface area contributed by atoms with Gasteiger partial charge in [-0.1, -0.05) is 35.3 Å². The average Bonchev–Trinajstić information content (AvgIpc) is 2.81. The summed E-state index contributed by atoms with van der Waals surface area (Å²) in [6, 6.07) is 6.40. The van der Waals surface area contributed by atoms with E-state index < -0.39 is 23.1 Å². The van der Waals surface area contributed by atoms with Crippen LogP contribution in [0.5, 0.6) is 0 Å². The van der Waals surface area contributed by atoms with Crippen molar-refractivity contribution in [1.29, 1.82) is 0 Å². The van der Waals surface area contributed by atoms with Crippen LogP contribution < -0.4 is 10.7 Å². The Kier molecular flexibility index (Phi) is 4.62. The fraction of sp³-hybridized carbons (Fsp3) is 0.176. The molecule has 132 valence electrons. The first-order valence-corrected chi connectivity index (χ1v) is 8.07. The Balaban J connectivity index is 2.06. The van der Waals surface area contributed by atoms with Crippen molar-refractivity contribution in [3.63, 3.8) is 0 Å². The molecule has 2 aromatic rings. The van der Waals surface area contributed by atoms with Crippen molar-refractivity contribution >= 4 is 34.5 Å². The van der Waals surface area contributed by atoms with Crippen LogP contribution in [0.4, 0.5) is 18.9 Å². The summed E-state index contributed by atoms with van der Waals surface area (Å²) in [6.45, 7) is 1.66. The minimum atomic E-state index is -1.14.